The molecule has 1 fully saturated rings. The van der Waals surface area contributed by atoms with Gasteiger partial charge in [-0.3, -0.25) is 19.7 Å². The van der Waals surface area contributed by atoms with Gasteiger partial charge in [0.1, 0.15) is 0 Å². The van der Waals surface area contributed by atoms with Crippen LogP contribution in [0.25, 0.3) is 0 Å². The lowest BCUT2D eigenvalue weighted by Gasteiger charge is -2.13. The highest BCUT2D eigenvalue weighted by atomic mass is 79.9. The smallest absolute Gasteiger partial charge is 0.315 e. The highest BCUT2D eigenvalue weighted by Crippen LogP contribution is 2.30. The molecule has 6 nitrogen and oxygen atoms in total. The summed E-state index contributed by atoms with van der Waals surface area (Å²) in [5.41, 5.74) is 0.812. The lowest BCUT2D eigenvalue weighted by atomic mass is 9.95. The average molecular weight is 422 g/mol. The van der Waals surface area contributed by atoms with Crippen LogP contribution in [-0.2, 0) is 9.59 Å². The minimum Gasteiger partial charge on any atom is -0.317 e. The van der Waals surface area contributed by atoms with Gasteiger partial charge in [0.15, 0.2) is 10.9 Å². The molecule has 2 amide bonds. The van der Waals surface area contributed by atoms with Gasteiger partial charge in [0.2, 0.25) is 0 Å². The molecule has 1 heterocycles. The zero-order chi connectivity index (χ0) is 17.8. The monoisotopic (exact) mass is 421 g/mol. The second-order valence-electron chi connectivity index (χ2n) is 5.77. The summed E-state index contributed by atoms with van der Waals surface area (Å²) < 4.78 is 0.746. The summed E-state index contributed by atoms with van der Waals surface area (Å²) in [5, 5.41) is 5.28. The Kier molecular flexibility index (Phi) is 5.60. The number of benzene rings is 1. The zero-order valence-electron chi connectivity index (χ0n) is 13.3. The van der Waals surface area contributed by atoms with Gasteiger partial charge in [-0.2, -0.15) is 0 Å². The van der Waals surface area contributed by atoms with Gasteiger partial charge in [-0.15, -0.1) is 0 Å². The van der Waals surface area contributed by atoms with Crippen molar-refractivity contribution in [2.45, 2.75) is 25.7 Å². The molecule has 130 valence electrons. The van der Waals surface area contributed by atoms with E-state index >= 15 is 0 Å². The van der Waals surface area contributed by atoms with Crippen LogP contribution in [0.15, 0.2) is 34.2 Å². The molecule has 25 heavy (non-hydrogen) atoms. The Hall–Kier alpha value is -2.06. The number of nitrogens with zero attached hydrogens (tertiary/aromatic N) is 1. The maximum atomic E-state index is 12.6. The molecule has 2 aromatic rings. The summed E-state index contributed by atoms with van der Waals surface area (Å²) in [6, 6.07) is 6.79. The molecule has 1 aliphatic rings. The van der Waals surface area contributed by atoms with Gasteiger partial charge in [-0.25, -0.2) is 4.98 Å². The minimum absolute atomic E-state index is 0.000419. The van der Waals surface area contributed by atoms with E-state index in [0.29, 0.717) is 16.4 Å². The number of carbonyl (C=O) groups is 3. The maximum absolute atomic E-state index is 12.6. The quantitative estimate of drug-likeness (QED) is 0.579. The van der Waals surface area contributed by atoms with Crippen LogP contribution in [0.4, 0.5) is 10.8 Å². The molecular formula is C17H16BrN3O3S. The van der Waals surface area contributed by atoms with Crippen molar-refractivity contribution in [3.05, 3.63) is 39.8 Å². The normalized spacial score (nSPS) is 14.3. The molecule has 1 aromatic carbocycles. The number of thiazole rings is 1. The molecule has 0 unspecified atom stereocenters. The van der Waals surface area contributed by atoms with Crippen LogP contribution in [-0.4, -0.2) is 22.6 Å². The van der Waals surface area contributed by atoms with Crippen molar-refractivity contribution < 1.29 is 14.4 Å². The van der Waals surface area contributed by atoms with Crippen molar-refractivity contribution in [3.8, 4) is 0 Å². The van der Waals surface area contributed by atoms with E-state index in [9.17, 15) is 14.4 Å². The van der Waals surface area contributed by atoms with Crippen molar-refractivity contribution in [2.75, 3.05) is 10.6 Å². The summed E-state index contributed by atoms with van der Waals surface area (Å²) in [6.45, 7) is 0. The van der Waals surface area contributed by atoms with Gasteiger partial charge < -0.3 is 5.32 Å². The number of hydrogen-bond donors (Lipinski definition) is 2. The van der Waals surface area contributed by atoms with Gasteiger partial charge >= 0.3 is 11.8 Å². The molecule has 0 atom stereocenters. The summed E-state index contributed by atoms with van der Waals surface area (Å²) in [4.78, 5) is 40.8. The van der Waals surface area contributed by atoms with Gasteiger partial charge in [0.05, 0.1) is 15.7 Å². The van der Waals surface area contributed by atoms with Crippen LogP contribution in [0, 0.1) is 5.92 Å². The molecule has 0 aliphatic heterocycles. The second kappa shape index (κ2) is 7.88. The van der Waals surface area contributed by atoms with E-state index in [1.165, 1.54) is 17.5 Å². The molecule has 8 heteroatoms. The molecule has 1 saturated carbocycles. The van der Waals surface area contributed by atoms with E-state index < -0.39 is 11.8 Å². The maximum Gasteiger partial charge on any atom is 0.315 e. The number of ketones is 1. The Morgan fingerprint density at radius 1 is 1.08 bits per heavy atom. The van der Waals surface area contributed by atoms with E-state index in [4.69, 9.17) is 0 Å². The first-order chi connectivity index (χ1) is 12.0. The Labute approximate surface area is 157 Å². The van der Waals surface area contributed by atoms with Crippen molar-refractivity contribution in [3.63, 3.8) is 0 Å². The Morgan fingerprint density at radius 3 is 2.44 bits per heavy atom. The predicted molar refractivity (Wildman–Crippen MR) is 99.8 cm³/mol. The van der Waals surface area contributed by atoms with Crippen LogP contribution < -0.4 is 10.6 Å². The van der Waals surface area contributed by atoms with Gasteiger partial charge in [0.25, 0.3) is 0 Å². The lowest BCUT2D eigenvalue weighted by Crippen LogP contribution is -2.30. The van der Waals surface area contributed by atoms with Crippen LogP contribution in [0.5, 0.6) is 0 Å². The molecule has 0 spiro atoms. The molecule has 3 rings (SSSR count). The summed E-state index contributed by atoms with van der Waals surface area (Å²) in [6.07, 6.45) is 5.39. The summed E-state index contributed by atoms with van der Waals surface area (Å²) >= 11 is 4.44. The fraction of sp³-hybridized carbons (Fsp3) is 0.294. The number of amides is 2. The number of halogens is 1. The number of carbonyl (C=O) groups excluding carboxylic acids is 3. The number of para-hydroxylation sites is 1. The SMILES string of the molecule is O=C(Nc1ncc(Br)s1)C(=O)Nc1ccccc1C(=O)C1CCCC1. The van der Waals surface area contributed by atoms with E-state index in [-0.39, 0.29) is 11.7 Å². The molecule has 0 radical (unpaired) electrons. The van der Waals surface area contributed by atoms with Crippen molar-refractivity contribution >= 4 is 55.7 Å². The Balaban J connectivity index is 1.70. The van der Waals surface area contributed by atoms with Gasteiger partial charge in [0, 0.05) is 11.5 Å². The van der Waals surface area contributed by atoms with Crippen LogP contribution in [0.3, 0.4) is 0 Å². The molecule has 1 aromatic heterocycles. The number of Topliss-reactive ketones (excluding diaryl/α,β-unsaturated/α-hetero) is 1. The molecular weight excluding hydrogens is 406 g/mol. The molecule has 0 saturated heterocycles. The fourth-order valence-electron chi connectivity index (χ4n) is 2.86. The van der Waals surface area contributed by atoms with E-state index in [2.05, 4.69) is 31.5 Å². The first-order valence-electron chi connectivity index (χ1n) is 7.91. The van der Waals surface area contributed by atoms with Crippen molar-refractivity contribution in [1.29, 1.82) is 0 Å². The predicted octanol–water partition coefficient (Wildman–Crippen LogP) is 3.86. The second-order valence-corrected chi connectivity index (χ2v) is 8.18. The first kappa shape index (κ1) is 17.8. The third-order valence-electron chi connectivity index (χ3n) is 4.07. The highest BCUT2D eigenvalue weighted by Gasteiger charge is 2.26. The largest absolute Gasteiger partial charge is 0.317 e. The standard InChI is InChI=1S/C17H16BrN3O3S/c18-13-9-19-17(25-13)21-16(24)15(23)20-12-8-4-3-7-11(12)14(22)10-5-1-2-6-10/h3-4,7-10H,1-2,5-6H2,(H,20,23)(H,19,21,24). The Bertz CT molecular complexity index is 815. The third-order valence-corrected chi connectivity index (χ3v) is 5.46. The first-order valence-corrected chi connectivity index (χ1v) is 9.52. The van der Waals surface area contributed by atoms with Crippen LogP contribution in [0.2, 0.25) is 0 Å². The number of aromatic nitrogens is 1. The van der Waals surface area contributed by atoms with E-state index in [1.54, 1.807) is 24.3 Å². The fourth-order valence-corrected chi connectivity index (χ4v) is 3.96. The van der Waals surface area contributed by atoms with E-state index in [1.807, 2.05) is 0 Å². The molecule has 1 aliphatic carbocycles. The van der Waals surface area contributed by atoms with Crippen molar-refractivity contribution in [1.82, 2.24) is 4.98 Å². The van der Waals surface area contributed by atoms with Crippen LogP contribution >= 0.6 is 27.3 Å². The topological polar surface area (TPSA) is 88.2 Å². The van der Waals surface area contributed by atoms with Gasteiger partial charge in [-0.1, -0.05) is 36.3 Å². The summed E-state index contributed by atoms with van der Waals surface area (Å²) in [7, 11) is 0. The molecule has 2 N–H and O–H groups in total. The lowest BCUT2D eigenvalue weighted by molar-refractivity contribution is -0.133. The highest BCUT2D eigenvalue weighted by molar-refractivity contribution is 9.11. The minimum atomic E-state index is -0.835. The zero-order valence-corrected chi connectivity index (χ0v) is 15.7. The Morgan fingerprint density at radius 2 is 1.76 bits per heavy atom. The number of nitrogens with one attached hydrogen (secondary N) is 2. The average Bonchev–Trinajstić information content (AvgIpc) is 3.26. The van der Waals surface area contributed by atoms with E-state index in [0.717, 1.165) is 29.5 Å². The third kappa shape index (κ3) is 4.32. The number of anilines is 2. The summed E-state index contributed by atoms with van der Waals surface area (Å²) in [5.74, 6) is -1.64. The van der Waals surface area contributed by atoms with Crippen LogP contribution in [0.1, 0.15) is 36.0 Å². The number of rotatable bonds is 4. The molecule has 0 bridgehead atoms. The van der Waals surface area contributed by atoms with Crippen molar-refractivity contribution in [2.24, 2.45) is 5.92 Å². The van der Waals surface area contributed by atoms with Gasteiger partial charge in [-0.05, 0) is 40.9 Å². The number of hydrogen-bond acceptors (Lipinski definition) is 5.